The molecule has 0 aromatic carbocycles. The van der Waals surface area contributed by atoms with Crippen molar-refractivity contribution in [2.45, 2.75) is 58.5 Å². The van der Waals surface area contributed by atoms with Gasteiger partial charge in [0.25, 0.3) is 5.91 Å². The predicted molar refractivity (Wildman–Crippen MR) is 86.6 cm³/mol. The zero-order valence-electron chi connectivity index (χ0n) is 13.1. The Morgan fingerprint density at radius 1 is 1.23 bits per heavy atom. The first kappa shape index (κ1) is 17.0. The van der Waals surface area contributed by atoms with Crippen molar-refractivity contribution in [3.8, 4) is 0 Å². The molecular weight excluding hydrogens is 300 g/mol. The van der Waals surface area contributed by atoms with Crippen molar-refractivity contribution >= 4 is 23.2 Å². The van der Waals surface area contributed by atoms with E-state index in [2.05, 4.69) is 10.9 Å². The number of hydrogen-bond acceptors (Lipinski definition) is 4. The fourth-order valence-electron chi connectivity index (χ4n) is 2.44. The van der Waals surface area contributed by atoms with E-state index in [0.717, 1.165) is 12.8 Å². The maximum absolute atomic E-state index is 12.1. The van der Waals surface area contributed by atoms with Gasteiger partial charge in [-0.05, 0) is 43.2 Å². The van der Waals surface area contributed by atoms with Crippen LogP contribution in [-0.2, 0) is 17.6 Å². The van der Waals surface area contributed by atoms with Crippen molar-refractivity contribution in [3.63, 3.8) is 0 Å². The van der Waals surface area contributed by atoms with Gasteiger partial charge in [0.15, 0.2) is 0 Å². The third kappa shape index (κ3) is 4.55. The molecule has 122 valence electrons. The van der Waals surface area contributed by atoms with Crippen LogP contribution in [0.5, 0.6) is 0 Å². The Morgan fingerprint density at radius 2 is 1.95 bits per heavy atom. The summed E-state index contributed by atoms with van der Waals surface area (Å²) in [7, 11) is 0. The molecule has 1 heterocycles. The average Bonchev–Trinajstić information content (AvgIpc) is 2.76. The summed E-state index contributed by atoms with van der Waals surface area (Å²) in [5.41, 5.74) is 6.07. The highest BCUT2D eigenvalue weighted by atomic mass is 32.1. The van der Waals surface area contributed by atoms with E-state index in [4.69, 9.17) is 0 Å². The van der Waals surface area contributed by atoms with E-state index >= 15 is 0 Å². The fourth-order valence-corrected chi connectivity index (χ4v) is 3.59. The summed E-state index contributed by atoms with van der Waals surface area (Å²) in [5, 5.41) is 9.64. The van der Waals surface area contributed by atoms with Gasteiger partial charge in [0.2, 0.25) is 5.91 Å². The Hall–Kier alpha value is -1.40. The topological polar surface area (TPSA) is 78.4 Å². The first-order valence-electron chi connectivity index (χ1n) is 7.86. The molecule has 0 saturated carbocycles. The van der Waals surface area contributed by atoms with Crippen molar-refractivity contribution < 1.29 is 14.7 Å². The van der Waals surface area contributed by atoms with Crippen LogP contribution in [-0.4, -0.2) is 23.0 Å². The van der Waals surface area contributed by atoms with Crippen molar-refractivity contribution in [2.24, 2.45) is 5.92 Å². The van der Waals surface area contributed by atoms with Gasteiger partial charge in [-0.3, -0.25) is 20.4 Å². The molecule has 0 saturated heterocycles. The van der Waals surface area contributed by atoms with E-state index in [1.807, 2.05) is 19.9 Å². The van der Waals surface area contributed by atoms with Crippen LogP contribution in [0.1, 0.15) is 59.6 Å². The summed E-state index contributed by atoms with van der Waals surface area (Å²) in [6, 6.07) is 1.94. The molecule has 1 unspecified atom stereocenters. The lowest BCUT2D eigenvalue weighted by Gasteiger charge is -2.14. The molecule has 0 spiro atoms. The van der Waals surface area contributed by atoms with Gasteiger partial charge < -0.3 is 5.11 Å². The molecule has 2 rings (SSSR count). The number of aliphatic hydroxyl groups excluding tert-OH is 1. The van der Waals surface area contributed by atoms with Gasteiger partial charge in [-0.2, -0.15) is 0 Å². The molecular formula is C16H24N2O3S. The molecule has 1 atom stereocenters. The van der Waals surface area contributed by atoms with Gasteiger partial charge in [0.05, 0.1) is 17.4 Å². The molecule has 0 bridgehead atoms. The third-order valence-electron chi connectivity index (χ3n) is 3.95. The van der Waals surface area contributed by atoms with Gasteiger partial charge in [0.1, 0.15) is 0 Å². The number of rotatable bonds is 4. The van der Waals surface area contributed by atoms with Crippen LogP contribution in [0, 0.1) is 5.92 Å². The molecule has 1 aromatic rings. The molecule has 1 aliphatic rings. The number of carbonyl (C=O) groups is 2. The minimum absolute atomic E-state index is 0.00871. The highest BCUT2D eigenvalue weighted by Gasteiger charge is 2.18. The zero-order chi connectivity index (χ0) is 16.1. The summed E-state index contributed by atoms with van der Waals surface area (Å²) in [5.74, 6) is -0.660. The normalized spacial score (nSPS) is 15.8. The Kier molecular flexibility index (Phi) is 5.97. The number of amides is 2. The summed E-state index contributed by atoms with van der Waals surface area (Å²) >= 11 is 1.51. The van der Waals surface area contributed by atoms with Crippen LogP contribution in [0.2, 0.25) is 0 Å². The third-order valence-corrected chi connectivity index (χ3v) is 5.19. The van der Waals surface area contributed by atoms with Gasteiger partial charge in [-0.1, -0.05) is 20.3 Å². The van der Waals surface area contributed by atoms with Crippen LogP contribution in [0.3, 0.4) is 0 Å². The van der Waals surface area contributed by atoms with Crippen molar-refractivity contribution in [2.75, 3.05) is 0 Å². The van der Waals surface area contributed by atoms with Gasteiger partial charge in [0, 0.05) is 4.88 Å². The van der Waals surface area contributed by atoms with Gasteiger partial charge >= 0.3 is 0 Å². The van der Waals surface area contributed by atoms with E-state index in [9.17, 15) is 14.7 Å². The maximum atomic E-state index is 12.1. The molecule has 0 fully saturated rings. The van der Waals surface area contributed by atoms with Crippen LogP contribution in [0.25, 0.3) is 0 Å². The Morgan fingerprint density at radius 3 is 2.68 bits per heavy atom. The average molecular weight is 324 g/mol. The Labute approximate surface area is 135 Å². The van der Waals surface area contributed by atoms with Crippen molar-refractivity contribution in [1.82, 2.24) is 10.9 Å². The molecule has 6 heteroatoms. The lowest BCUT2D eigenvalue weighted by atomic mass is 10.0. The van der Waals surface area contributed by atoms with E-state index in [1.54, 1.807) is 0 Å². The molecule has 3 N–H and O–H groups in total. The lowest BCUT2D eigenvalue weighted by molar-refractivity contribution is -0.124. The summed E-state index contributed by atoms with van der Waals surface area (Å²) in [6.45, 7) is 3.69. The predicted octanol–water partition coefficient (Wildman–Crippen LogP) is 2.18. The summed E-state index contributed by atoms with van der Waals surface area (Å²) in [4.78, 5) is 25.7. The smallest absolute Gasteiger partial charge is 0.279 e. The lowest BCUT2D eigenvalue weighted by Crippen LogP contribution is -2.42. The standard InChI is InChI=1S/C16H24N2O3S/c1-10(2)12(19)9-15(20)17-18-16(21)14-8-11-6-4-3-5-7-13(11)22-14/h8,10,12,19H,3-7,9H2,1-2H3,(H,17,20)(H,18,21). The zero-order valence-corrected chi connectivity index (χ0v) is 14.0. The number of fused-ring (bicyclic) bond motifs is 1. The quantitative estimate of drug-likeness (QED) is 0.587. The molecule has 2 amide bonds. The first-order chi connectivity index (χ1) is 10.5. The Bertz CT molecular complexity index is 516. The summed E-state index contributed by atoms with van der Waals surface area (Å²) < 4.78 is 0. The number of carbonyl (C=O) groups excluding carboxylic acids is 2. The molecule has 22 heavy (non-hydrogen) atoms. The molecule has 1 aromatic heterocycles. The first-order valence-corrected chi connectivity index (χ1v) is 8.68. The second-order valence-corrected chi connectivity index (χ2v) is 7.27. The highest BCUT2D eigenvalue weighted by Crippen LogP contribution is 2.28. The summed E-state index contributed by atoms with van der Waals surface area (Å²) in [6.07, 6.45) is 4.96. The van der Waals surface area contributed by atoms with Gasteiger partial charge in [-0.25, -0.2) is 0 Å². The molecule has 5 nitrogen and oxygen atoms in total. The minimum Gasteiger partial charge on any atom is -0.392 e. The number of aryl methyl sites for hydroxylation is 2. The van der Waals surface area contributed by atoms with E-state index in [0.29, 0.717) is 4.88 Å². The molecule has 1 aliphatic carbocycles. The van der Waals surface area contributed by atoms with Crippen LogP contribution in [0.15, 0.2) is 6.07 Å². The van der Waals surface area contributed by atoms with Crippen LogP contribution >= 0.6 is 11.3 Å². The van der Waals surface area contributed by atoms with Crippen molar-refractivity contribution in [3.05, 3.63) is 21.4 Å². The van der Waals surface area contributed by atoms with Crippen LogP contribution in [0.4, 0.5) is 0 Å². The van der Waals surface area contributed by atoms with Crippen molar-refractivity contribution in [1.29, 1.82) is 0 Å². The Balaban J connectivity index is 1.86. The maximum Gasteiger partial charge on any atom is 0.279 e. The highest BCUT2D eigenvalue weighted by molar-refractivity contribution is 7.14. The molecule has 0 radical (unpaired) electrons. The number of thiophene rings is 1. The number of aliphatic hydroxyl groups is 1. The van der Waals surface area contributed by atoms with Crippen LogP contribution < -0.4 is 10.9 Å². The second kappa shape index (κ2) is 7.74. The SMILES string of the molecule is CC(C)C(O)CC(=O)NNC(=O)c1cc2c(s1)CCCCC2. The van der Waals surface area contributed by atoms with E-state index < -0.39 is 6.10 Å². The molecule has 0 aliphatic heterocycles. The number of hydrogen-bond donors (Lipinski definition) is 3. The number of hydrazine groups is 1. The van der Waals surface area contributed by atoms with E-state index in [-0.39, 0.29) is 24.2 Å². The van der Waals surface area contributed by atoms with Gasteiger partial charge in [-0.15, -0.1) is 11.3 Å². The number of nitrogens with one attached hydrogen (secondary N) is 2. The largest absolute Gasteiger partial charge is 0.392 e. The second-order valence-electron chi connectivity index (χ2n) is 6.14. The minimum atomic E-state index is -0.699. The van der Waals surface area contributed by atoms with E-state index in [1.165, 1.54) is 41.0 Å². The fraction of sp³-hybridized carbons (Fsp3) is 0.625. The monoisotopic (exact) mass is 324 g/mol.